The molecule has 0 saturated carbocycles. The number of pyridine rings is 1. The van der Waals surface area contributed by atoms with Gasteiger partial charge in [0, 0.05) is 12.7 Å². The number of ether oxygens (including phenoxy) is 2. The lowest BCUT2D eigenvalue weighted by atomic mass is 10.0. The Bertz CT molecular complexity index is 357. The van der Waals surface area contributed by atoms with Gasteiger partial charge in [0.2, 0.25) is 0 Å². The van der Waals surface area contributed by atoms with E-state index in [-0.39, 0.29) is 18.3 Å². The molecule has 4 heteroatoms. The van der Waals surface area contributed by atoms with Gasteiger partial charge in [-0.05, 0) is 38.3 Å². The maximum absolute atomic E-state index is 5.91. The molecule has 1 aromatic heterocycles. The van der Waals surface area contributed by atoms with Crippen LogP contribution < -0.4 is 5.73 Å². The van der Waals surface area contributed by atoms with Crippen molar-refractivity contribution >= 4 is 0 Å². The van der Waals surface area contributed by atoms with E-state index in [4.69, 9.17) is 15.2 Å². The van der Waals surface area contributed by atoms with E-state index in [2.05, 4.69) is 18.8 Å². The first kappa shape index (κ1) is 13.5. The molecule has 18 heavy (non-hydrogen) atoms. The summed E-state index contributed by atoms with van der Waals surface area (Å²) in [6.07, 6.45) is 4.59. The predicted molar refractivity (Wildman–Crippen MR) is 69.9 cm³/mol. The van der Waals surface area contributed by atoms with Gasteiger partial charge in [-0.15, -0.1) is 0 Å². The zero-order chi connectivity index (χ0) is 13.0. The third kappa shape index (κ3) is 3.77. The fraction of sp³-hybridized carbons (Fsp3) is 0.643. The highest BCUT2D eigenvalue weighted by Gasteiger charge is 2.24. The molecule has 2 heterocycles. The molecule has 1 saturated heterocycles. The summed E-state index contributed by atoms with van der Waals surface area (Å²) >= 11 is 0. The van der Waals surface area contributed by atoms with E-state index in [1.807, 2.05) is 18.3 Å². The largest absolute Gasteiger partial charge is 0.375 e. The van der Waals surface area contributed by atoms with Crippen LogP contribution in [0.2, 0.25) is 0 Å². The number of nitrogens with zero attached hydrogens (tertiary/aromatic N) is 1. The molecule has 0 aliphatic carbocycles. The molecule has 4 nitrogen and oxygen atoms in total. The average Bonchev–Trinajstić information content (AvgIpc) is 2.36. The van der Waals surface area contributed by atoms with Gasteiger partial charge in [-0.2, -0.15) is 0 Å². The average molecular weight is 250 g/mol. The van der Waals surface area contributed by atoms with E-state index in [0.29, 0.717) is 13.2 Å². The maximum atomic E-state index is 5.91. The molecule has 2 N–H and O–H groups in total. The number of aromatic nitrogens is 1. The van der Waals surface area contributed by atoms with Crippen LogP contribution in [-0.2, 0) is 22.6 Å². The number of nitrogens with two attached hydrogens (primary N) is 1. The van der Waals surface area contributed by atoms with Crippen molar-refractivity contribution < 1.29 is 9.47 Å². The molecule has 0 bridgehead atoms. The highest BCUT2D eigenvalue weighted by Crippen LogP contribution is 2.22. The second-order valence-electron chi connectivity index (χ2n) is 5.02. The SMILES string of the molecule is CC1CC(OCc2ccc(CN)cn2)CC(C)O1. The first-order valence-electron chi connectivity index (χ1n) is 6.58. The van der Waals surface area contributed by atoms with Crippen molar-refractivity contribution in [3.8, 4) is 0 Å². The Morgan fingerprint density at radius 3 is 2.61 bits per heavy atom. The molecule has 0 aromatic carbocycles. The molecule has 0 radical (unpaired) electrons. The monoisotopic (exact) mass is 250 g/mol. The quantitative estimate of drug-likeness (QED) is 0.888. The van der Waals surface area contributed by atoms with Crippen LogP contribution >= 0.6 is 0 Å². The fourth-order valence-corrected chi connectivity index (χ4v) is 2.34. The Labute approximate surface area is 108 Å². The summed E-state index contributed by atoms with van der Waals surface area (Å²) in [4.78, 5) is 4.34. The van der Waals surface area contributed by atoms with Crippen molar-refractivity contribution in [3.63, 3.8) is 0 Å². The minimum atomic E-state index is 0.278. The van der Waals surface area contributed by atoms with Crippen LogP contribution in [0.3, 0.4) is 0 Å². The van der Waals surface area contributed by atoms with E-state index in [1.54, 1.807) is 0 Å². The minimum absolute atomic E-state index is 0.278. The standard InChI is InChI=1S/C14H22N2O2/c1-10-5-14(6-11(2)18-10)17-9-13-4-3-12(7-15)8-16-13/h3-4,8,10-11,14H,5-7,9,15H2,1-2H3. The summed E-state index contributed by atoms with van der Waals surface area (Å²) in [5, 5.41) is 0. The van der Waals surface area contributed by atoms with E-state index in [9.17, 15) is 0 Å². The summed E-state index contributed by atoms with van der Waals surface area (Å²) in [6, 6.07) is 3.98. The lowest BCUT2D eigenvalue weighted by molar-refractivity contribution is -0.106. The molecule has 2 atom stereocenters. The van der Waals surface area contributed by atoms with E-state index >= 15 is 0 Å². The number of hydrogen-bond acceptors (Lipinski definition) is 4. The van der Waals surface area contributed by atoms with Gasteiger partial charge >= 0.3 is 0 Å². The molecule has 1 aliphatic rings. The minimum Gasteiger partial charge on any atom is -0.375 e. The topological polar surface area (TPSA) is 57.4 Å². The third-order valence-corrected chi connectivity index (χ3v) is 3.24. The van der Waals surface area contributed by atoms with Gasteiger partial charge in [0.1, 0.15) is 0 Å². The summed E-state index contributed by atoms with van der Waals surface area (Å²) in [5.41, 5.74) is 7.54. The highest BCUT2D eigenvalue weighted by atomic mass is 16.5. The Hall–Kier alpha value is -0.970. The van der Waals surface area contributed by atoms with Gasteiger partial charge < -0.3 is 15.2 Å². The van der Waals surface area contributed by atoms with Crippen molar-refractivity contribution in [2.75, 3.05) is 0 Å². The molecule has 100 valence electrons. The summed E-state index contributed by atoms with van der Waals surface area (Å²) in [7, 11) is 0. The zero-order valence-electron chi connectivity index (χ0n) is 11.1. The van der Waals surface area contributed by atoms with Crippen LogP contribution in [0.15, 0.2) is 18.3 Å². The molecule has 1 aromatic rings. The van der Waals surface area contributed by atoms with Crippen LogP contribution in [0.1, 0.15) is 37.9 Å². The molecular weight excluding hydrogens is 228 g/mol. The van der Waals surface area contributed by atoms with Crippen molar-refractivity contribution in [2.45, 2.75) is 58.2 Å². The van der Waals surface area contributed by atoms with Gasteiger partial charge in [0.15, 0.2) is 0 Å². The summed E-state index contributed by atoms with van der Waals surface area (Å²) < 4.78 is 11.6. The van der Waals surface area contributed by atoms with Gasteiger partial charge in [0.05, 0.1) is 30.6 Å². The Morgan fingerprint density at radius 1 is 1.33 bits per heavy atom. The van der Waals surface area contributed by atoms with E-state index in [1.165, 1.54) is 0 Å². The third-order valence-electron chi connectivity index (χ3n) is 3.24. The highest BCUT2D eigenvalue weighted by molar-refractivity contribution is 5.13. The Morgan fingerprint density at radius 2 is 2.06 bits per heavy atom. The van der Waals surface area contributed by atoms with Crippen LogP contribution in [-0.4, -0.2) is 23.3 Å². The molecule has 2 unspecified atom stereocenters. The van der Waals surface area contributed by atoms with Crippen LogP contribution in [0, 0.1) is 0 Å². The number of hydrogen-bond donors (Lipinski definition) is 1. The smallest absolute Gasteiger partial charge is 0.0891 e. The molecular formula is C14H22N2O2. The van der Waals surface area contributed by atoms with Gasteiger partial charge in [-0.25, -0.2) is 0 Å². The van der Waals surface area contributed by atoms with Crippen molar-refractivity contribution in [3.05, 3.63) is 29.6 Å². The normalized spacial score (nSPS) is 28.3. The van der Waals surface area contributed by atoms with Crippen LogP contribution in [0.25, 0.3) is 0 Å². The molecule has 0 spiro atoms. The fourth-order valence-electron chi connectivity index (χ4n) is 2.34. The van der Waals surface area contributed by atoms with Crippen molar-refractivity contribution in [1.29, 1.82) is 0 Å². The van der Waals surface area contributed by atoms with Gasteiger partial charge in [-0.1, -0.05) is 6.07 Å². The second-order valence-corrected chi connectivity index (χ2v) is 5.02. The molecule has 1 fully saturated rings. The van der Waals surface area contributed by atoms with Gasteiger partial charge in [0.25, 0.3) is 0 Å². The molecule has 2 rings (SSSR count). The Balaban J connectivity index is 1.83. The van der Waals surface area contributed by atoms with Crippen LogP contribution in [0.5, 0.6) is 0 Å². The lowest BCUT2D eigenvalue weighted by Crippen LogP contribution is -2.34. The second kappa shape index (κ2) is 6.27. The first-order valence-corrected chi connectivity index (χ1v) is 6.58. The number of rotatable bonds is 4. The lowest BCUT2D eigenvalue weighted by Gasteiger charge is -2.31. The van der Waals surface area contributed by atoms with Crippen molar-refractivity contribution in [2.24, 2.45) is 5.73 Å². The van der Waals surface area contributed by atoms with E-state index in [0.717, 1.165) is 24.1 Å². The summed E-state index contributed by atoms with van der Waals surface area (Å²) in [6.45, 7) is 5.29. The first-order chi connectivity index (χ1) is 8.67. The predicted octanol–water partition coefficient (Wildman–Crippen LogP) is 2.01. The molecule has 0 amide bonds. The van der Waals surface area contributed by atoms with E-state index < -0.39 is 0 Å². The Kier molecular flexibility index (Phi) is 4.69. The van der Waals surface area contributed by atoms with Gasteiger partial charge in [-0.3, -0.25) is 4.98 Å². The zero-order valence-corrected chi connectivity index (χ0v) is 11.1. The van der Waals surface area contributed by atoms with Crippen LogP contribution in [0.4, 0.5) is 0 Å². The molecule has 1 aliphatic heterocycles. The van der Waals surface area contributed by atoms with Crippen molar-refractivity contribution in [1.82, 2.24) is 4.98 Å². The maximum Gasteiger partial charge on any atom is 0.0891 e. The summed E-state index contributed by atoms with van der Waals surface area (Å²) in [5.74, 6) is 0.